The molecule has 2 saturated heterocycles. The maximum atomic E-state index is 12.4. The third kappa shape index (κ3) is 4.13. The lowest BCUT2D eigenvalue weighted by atomic mass is 10.0. The van der Waals surface area contributed by atoms with Gasteiger partial charge in [0.2, 0.25) is 0 Å². The fourth-order valence-corrected chi connectivity index (χ4v) is 3.28. The Morgan fingerprint density at radius 1 is 1.39 bits per heavy atom. The summed E-state index contributed by atoms with van der Waals surface area (Å²) in [7, 11) is 0. The molecule has 0 radical (unpaired) electrons. The number of amides is 2. The summed E-state index contributed by atoms with van der Waals surface area (Å²) in [6.45, 7) is 7.60. The van der Waals surface area contributed by atoms with E-state index >= 15 is 0 Å². The van der Waals surface area contributed by atoms with E-state index in [-0.39, 0.29) is 6.03 Å². The smallest absolute Gasteiger partial charge is 0.317 e. The molecule has 0 spiro atoms. The first-order chi connectivity index (χ1) is 11.2. The van der Waals surface area contributed by atoms with Crippen LogP contribution < -0.4 is 10.2 Å². The Morgan fingerprint density at radius 3 is 3.00 bits per heavy atom. The second-order valence-corrected chi connectivity index (χ2v) is 6.44. The van der Waals surface area contributed by atoms with Crippen molar-refractivity contribution in [2.24, 2.45) is 5.92 Å². The Bertz CT molecular complexity index is 531. The first-order valence-corrected chi connectivity index (χ1v) is 8.53. The molecule has 2 fully saturated rings. The molecule has 126 valence electrons. The Morgan fingerprint density at radius 2 is 2.22 bits per heavy atom. The summed E-state index contributed by atoms with van der Waals surface area (Å²) in [5, 5.41) is 3.06. The summed E-state index contributed by atoms with van der Waals surface area (Å²) in [5.74, 6) is 1.56. The normalized spacial score (nSPS) is 22.0. The van der Waals surface area contributed by atoms with Crippen molar-refractivity contribution >= 4 is 11.8 Å². The molecule has 1 atom stereocenters. The van der Waals surface area contributed by atoms with E-state index in [0.29, 0.717) is 12.5 Å². The number of likely N-dealkylation sites (tertiary alicyclic amines) is 1. The highest BCUT2D eigenvalue weighted by Crippen LogP contribution is 2.19. The van der Waals surface area contributed by atoms with E-state index in [2.05, 4.69) is 22.1 Å². The monoisotopic (exact) mass is 318 g/mol. The molecular weight excluding hydrogens is 292 g/mol. The highest BCUT2D eigenvalue weighted by Gasteiger charge is 2.21. The SMILES string of the molecule is CC1CCCN(C(=O)NCc2cccnc2N2CCOCC2)C1. The second kappa shape index (κ2) is 7.64. The molecule has 0 aliphatic carbocycles. The molecule has 1 unspecified atom stereocenters. The number of hydrogen-bond donors (Lipinski definition) is 1. The number of morpholine rings is 1. The van der Waals surface area contributed by atoms with Crippen LogP contribution in [-0.4, -0.2) is 55.3 Å². The van der Waals surface area contributed by atoms with Gasteiger partial charge in [-0.15, -0.1) is 0 Å². The van der Waals surface area contributed by atoms with Crippen LogP contribution in [0.4, 0.5) is 10.6 Å². The van der Waals surface area contributed by atoms with E-state index in [9.17, 15) is 4.79 Å². The van der Waals surface area contributed by atoms with Crippen LogP contribution in [0, 0.1) is 5.92 Å². The van der Waals surface area contributed by atoms with Gasteiger partial charge in [-0.05, 0) is 24.8 Å². The number of rotatable bonds is 3. The number of aromatic nitrogens is 1. The molecule has 2 aliphatic heterocycles. The summed E-state index contributed by atoms with van der Waals surface area (Å²) >= 11 is 0. The number of urea groups is 1. The first kappa shape index (κ1) is 16.1. The number of anilines is 1. The summed E-state index contributed by atoms with van der Waals surface area (Å²) in [4.78, 5) is 21.0. The quantitative estimate of drug-likeness (QED) is 0.924. The van der Waals surface area contributed by atoms with Crippen molar-refractivity contribution in [1.82, 2.24) is 15.2 Å². The maximum Gasteiger partial charge on any atom is 0.317 e. The molecule has 6 heteroatoms. The van der Waals surface area contributed by atoms with Gasteiger partial charge in [0.1, 0.15) is 5.82 Å². The van der Waals surface area contributed by atoms with Crippen molar-refractivity contribution in [1.29, 1.82) is 0 Å². The Kier molecular flexibility index (Phi) is 5.33. The largest absolute Gasteiger partial charge is 0.378 e. The topological polar surface area (TPSA) is 57.7 Å². The molecule has 1 aromatic rings. The van der Waals surface area contributed by atoms with E-state index in [0.717, 1.165) is 57.2 Å². The number of nitrogens with zero attached hydrogens (tertiary/aromatic N) is 3. The number of pyridine rings is 1. The van der Waals surface area contributed by atoms with Gasteiger partial charge in [0.15, 0.2) is 0 Å². The molecular formula is C17H26N4O2. The molecule has 3 heterocycles. The number of carbonyl (C=O) groups excluding carboxylic acids is 1. The summed E-state index contributed by atoms with van der Waals surface area (Å²) in [5.41, 5.74) is 1.06. The minimum absolute atomic E-state index is 0.0355. The number of nitrogens with one attached hydrogen (secondary N) is 1. The van der Waals surface area contributed by atoms with Gasteiger partial charge in [0.25, 0.3) is 0 Å². The fraction of sp³-hybridized carbons (Fsp3) is 0.647. The summed E-state index contributed by atoms with van der Waals surface area (Å²) < 4.78 is 5.40. The van der Waals surface area contributed by atoms with Crippen LogP contribution in [0.25, 0.3) is 0 Å². The Hall–Kier alpha value is -1.82. The minimum atomic E-state index is 0.0355. The van der Waals surface area contributed by atoms with E-state index in [4.69, 9.17) is 4.74 Å². The zero-order valence-corrected chi connectivity index (χ0v) is 13.8. The van der Waals surface area contributed by atoms with Crippen molar-refractivity contribution in [3.05, 3.63) is 23.9 Å². The van der Waals surface area contributed by atoms with Gasteiger partial charge in [0, 0.05) is 44.5 Å². The van der Waals surface area contributed by atoms with Gasteiger partial charge in [0.05, 0.1) is 13.2 Å². The van der Waals surface area contributed by atoms with Crippen LogP contribution in [0.3, 0.4) is 0 Å². The van der Waals surface area contributed by atoms with Crippen LogP contribution in [0.1, 0.15) is 25.3 Å². The minimum Gasteiger partial charge on any atom is -0.378 e. The van der Waals surface area contributed by atoms with Gasteiger partial charge in [-0.2, -0.15) is 0 Å². The number of ether oxygens (including phenoxy) is 1. The van der Waals surface area contributed by atoms with Crippen molar-refractivity contribution in [3.63, 3.8) is 0 Å². The lowest BCUT2D eigenvalue weighted by Gasteiger charge is -2.31. The summed E-state index contributed by atoms with van der Waals surface area (Å²) in [6.07, 6.45) is 4.12. The zero-order valence-electron chi connectivity index (χ0n) is 13.8. The zero-order chi connectivity index (χ0) is 16.1. The van der Waals surface area contributed by atoms with Crippen LogP contribution in [0.2, 0.25) is 0 Å². The third-order valence-corrected chi connectivity index (χ3v) is 4.55. The van der Waals surface area contributed by atoms with Crippen molar-refractivity contribution in [2.75, 3.05) is 44.3 Å². The van der Waals surface area contributed by atoms with Crippen molar-refractivity contribution < 1.29 is 9.53 Å². The molecule has 0 bridgehead atoms. The molecule has 6 nitrogen and oxygen atoms in total. The number of hydrogen-bond acceptors (Lipinski definition) is 4. The van der Waals surface area contributed by atoms with Gasteiger partial charge >= 0.3 is 6.03 Å². The van der Waals surface area contributed by atoms with E-state index < -0.39 is 0 Å². The molecule has 0 aromatic carbocycles. The Balaban J connectivity index is 1.60. The van der Waals surface area contributed by atoms with E-state index in [1.54, 1.807) is 0 Å². The van der Waals surface area contributed by atoms with Crippen LogP contribution in [-0.2, 0) is 11.3 Å². The molecule has 23 heavy (non-hydrogen) atoms. The molecule has 0 saturated carbocycles. The predicted molar refractivity (Wildman–Crippen MR) is 89.5 cm³/mol. The van der Waals surface area contributed by atoms with Gasteiger partial charge in [-0.25, -0.2) is 9.78 Å². The molecule has 3 rings (SSSR count). The van der Waals surface area contributed by atoms with Crippen molar-refractivity contribution in [3.8, 4) is 0 Å². The van der Waals surface area contributed by atoms with Crippen LogP contribution in [0.15, 0.2) is 18.3 Å². The number of carbonyl (C=O) groups is 1. The average molecular weight is 318 g/mol. The van der Waals surface area contributed by atoms with Crippen LogP contribution >= 0.6 is 0 Å². The van der Waals surface area contributed by atoms with Gasteiger partial charge in [-0.1, -0.05) is 13.0 Å². The third-order valence-electron chi connectivity index (χ3n) is 4.55. The fourth-order valence-electron chi connectivity index (χ4n) is 3.28. The van der Waals surface area contributed by atoms with Crippen LogP contribution in [0.5, 0.6) is 0 Å². The average Bonchev–Trinajstić information content (AvgIpc) is 2.60. The second-order valence-electron chi connectivity index (χ2n) is 6.44. The molecule has 2 aliphatic rings. The molecule has 2 amide bonds. The highest BCUT2D eigenvalue weighted by molar-refractivity contribution is 5.74. The van der Waals surface area contributed by atoms with Crippen molar-refractivity contribution in [2.45, 2.75) is 26.3 Å². The van der Waals surface area contributed by atoms with E-state index in [1.165, 1.54) is 6.42 Å². The lowest BCUT2D eigenvalue weighted by molar-refractivity contribution is 0.122. The molecule has 1 aromatic heterocycles. The predicted octanol–water partition coefficient (Wildman–Crippen LogP) is 1.86. The Labute approximate surface area is 137 Å². The standard InChI is InChI=1S/C17H26N4O2/c1-14-4-3-7-21(13-14)17(22)19-12-15-5-2-6-18-16(15)20-8-10-23-11-9-20/h2,5-6,14H,3-4,7-13H2,1H3,(H,19,22). The maximum absolute atomic E-state index is 12.4. The summed E-state index contributed by atoms with van der Waals surface area (Å²) in [6, 6.07) is 4.00. The number of piperidine rings is 1. The van der Waals surface area contributed by atoms with Gasteiger partial charge < -0.3 is 19.9 Å². The lowest BCUT2D eigenvalue weighted by Crippen LogP contribution is -2.45. The van der Waals surface area contributed by atoms with E-state index in [1.807, 2.05) is 23.2 Å². The van der Waals surface area contributed by atoms with Gasteiger partial charge in [-0.3, -0.25) is 0 Å². The highest BCUT2D eigenvalue weighted by atomic mass is 16.5. The first-order valence-electron chi connectivity index (χ1n) is 8.53. The molecule has 1 N–H and O–H groups in total.